The van der Waals surface area contributed by atoms with Gasteiger partial charge < -0.3 is 10.4 Å². The Morgan fingerprint density at radius 3 is 2.44 bits per heavy atom. The van der Waals surface area contributed by atoms with Crippen molar-refractivity contribution in [2.24, 2.45) is 0 Å². The largest absolute Gasteiger partial charge is 0.399 e. The van der Waals surface area contributed by atoms with Gasteiger partial charge in [0.05, 0.1) is 12.6 Å². The van der Waals surface area contributed by atoms with Crippen LogP contribution in [0.4, 0.5) is 8.78 Å². The zero-order valence-electron chi connectivity index (χ0n) is 8.16. The van der Waals surface area contributed by atoms with Crippen LogP contribution in [0.3, 0.4) is 0 Å². The van der Waals surface area contributed by atoms with E-state index in [1.165, 1.54) is 0 Å². The first-order valence-electron chi connectivity index (χ1n) is 4.48. The van der Waals surface area contributed by atoms with E-state index in [0.29, 0.717) is 5.56 Å². The lowest BCUT2D eigenvalue weighted by Gasteiger charge is -2.18. The van der Waals surface area contributed by atoms with Crippen molar-refractivity contribution in [1.82, 2.24) is 5.32 Å². The van der Waals surface area contributed by atoms with Crippen molar-refractivity contribution >= 4 is 17.5 Å². The average molecular weight is 250 g/mol. The fraction of sp³-hybridized carbons (Fsp3) is 0.300. The van der Waals surface area contributed by atoms with E-state index in [2.05, 4.69) is 11.6 Å². The summed E-state index contributed by atoms with van der Waals surface area (Å²) in [5.41, 5.74) is 0.527. The molecule has 1 amide bonds. The highest BCUT2D eigenvalue weighted by molar-refractivity contribution is 6.32. The highest BCUT2D eigenvalue weighted by Crippen LogP contribution is 2.21. The predicted octanol–water partition coefficient (Wildman–Crippen LogP) is 1.67. The van der Waals surface area contributed by atoms with E-state index in [1.807, 2.05) is 5.32 Å². The molecule has 0 bridgehead atoms. The smallest absolute Gasteiger partial charge is 0.394 e. The molecule has 16 heavy (non-hydrogen) atoms. The summed E-state index contributed by atoms with van der Waals surface area (Å²) in [5.74, 6) is -1.63. The van der Waals surface area contributed by atoms with Gasteiger partial charge in [0, 0.05) is 0 Å². The number of rotatable bonds is 4. The van der Waals surface area contributed by atoms with Gasteiger partial charge in [-0.3, -0.25) is 4.79 Å². The summed E-state index contributed by atoms with van der Waals surface area (Å²) in [7, 11) is 0. The molecule has 88 valence electrons. The number of hydrogen-bond donors (Lipinski definition) is 2. The van der Waals surface area contributed by atoms with Gasteiger partial charge in [-0.15, -0.1) is 0 Å². The zero-order chi connectivity index (χ0) is 12.2. The lowest BCUT2D eigenvalue weighted by molar-refractivity contribution is -0.136. The van der Waals surface area contributed by atoms with E-state index in [0.717, 1.165) is 0 Å². The Balaban J connectivity index is 2.75. The standard InChI is InChI=1S/C10H10ClF2NO2/c11-10(12,13)9(16)14-8(6-15)7-4-2-1-3-5-7/h1-5,8,15H,6H2,(H,14,16). The molecule has 0 aliphatic rings. The van der Waals surface area contributed by atoms with Gasteiger partial charge in [0.15, 0.2) is 0 Å². The lowest BCUT2D eigenvalue weighted by Crippen LogP contribution is -2.39. The summed E-state index contributed by atoms with van der Waals surface area (Å²) in [5, 5.41) is 6.97. The quantitative estimate of drug-likeness (QED) is 0.798. The van der Waals surface area contributed by atoms with Crippen molar-refractivity contribution in [3.8, 4) is 0 Å². The monoisotopic (exact) mass is 249 g/mol. The first-order valence-corrected chi connectivity index (χ1v) is 4.86. The van der Waals surface area contributed by atoms with E-state index >= 15 is 0 Å². The molecule has 0 aromatic heterocycles. The number of aliphatic hydroxyl groups excluding tert-OH is 1. The second-order valence-electron chi connectivity index (χ2n) is 3.12. The van der Waals surface area contributed by atoms with Crippen LogP contribution in [0, 0.1) is 0 Å². The van der Waals surface area contributed by atoms with Gasteiger partial charge in [-0.1, -0.05) is 30.3 Å². The second kappa shape index (κ2) is 5.23. The van der Waals surface area contributed by atoms with Gasteiger partial charge in [-0.05, 0) is 17.2 Å². The molecule has 1 aromatic carbocycles. The molecule has 0 saturated heterocycles. The molecule has 6 heteroatoms. The SMILES string of the molecule is O=C(NC(CO)c1ccccc1)C(F)(F)Cl. The summed E-state index contributed by atoms with van der Waals surface area (Å²) < 4.78 is 24.8. The molecule has 2 N–H and O–H groups in total. The molecule has 0 aliphatic carbocycles. The Labute approximate surface area is 96.0 Å². The predicted molar refractivity (Wildman–Crippen MR) is 55.2 cm³/mol. The fourth-order valence-electron chi connectivity index (χ4n) is 1.16. The van der Waals surface area contributed by atoms with Crippen LogP contribution in [0.1, 0.15) is 11.6 Å². The molecule has 0 spiro atoms. The van der Waals surface area contributed by atoms with Crippen molar-refractivity contribution in [3.63, 3.8) is 0 Å². The molecular formula is C10H10ClF2NO2. The van der Waals surface area contributed by atoms with Gasteiger partial charge in [-0.25, -0.2) is 0 Å². The number of nitrogens with one attached hydrogen (secondary N) is 1. The highest BCUT2D eigenvalue weighted by Gasteiger charge is 2.37. The minimum atomic E-state index is -3.97. The minimum absolute atomic E-state index is 0.483. The Morgan fingerprint density at radius 2 is 2.00 bits per heavy atom. The maximum atomic E-state index is 12.4. The van der Waals surface area contributed by atoms with Gasteiger partial charge in [0.1, 0.15) is 0 Å². The highest BCUT2D eigenvalue weighted by atomic mass is 35.5. The molecule has 1 atom stereocenters. The third-order valence-electron chi connectivity index (χ3n) is 1.95. The number of alkyl halides is 3. The van der Waals surface area contributed by atoms with Crippen molar-refractivity contribution in [2.45, 2.75) is 11.4 Å². The van der Waals surface area contributed by atoms with E-state index in [4.69, 9.17) is 5.11 Å². The Kier molecular flexibility index (Phi) is 4.20. The van der Waals surface area contributed by atoms with Crippen molar-refractivity contribution in [2.75, 3.05) is 6.61 Å². The summed E-state index contributed by atoms with van der Waals surface area (Å²) in [6, 6.07) is 7.39. The number of benzene rings is 1. The molecule has 0 aliphatic heterocycles. The molecular weight excluding hydrogens is 240 g/mol. The van der Waals surface area contributed by atoms with E-state index in [1.54, 1.807) is 30.3 Å². The summed E-state index contributed by atoms with van der Waals surface area (Å²) in [6.45, 7) is -0.483. The minimum Gasteiger partial charge on any atom is -0.394 e. The summed E-state index contributed by atoms with van der Waals surface area (Å²) in [4.78, 5) is 10.9. The number of hydrogen-bond acceptors (Lipinski definition) is 2. The maximum Gasteiger partial charge on any atom is 0.399 e. The van der Waals surface area contributed by atoms with Crippen LogP contribution in [0.5, 0.6) is 0 Å². The fourth-order valence-corrected chi connectivity index (χ4v) is 1.21. The zero-order valence-corrected chi connectivity index (χ0v) is 8.92. The van der Waals surface area contributed by atoms with Crippen molar-refractivity contribution in [3.05, 3.63) is 35.9 Å². The van der Waals surface area contributed by atoms with Gasteiger partial charge >= 0.3 is 11.3 Å². The molecule has 3 nitrogen and oxygen atoms in total. The van der Waals surface area contributed by atoms with E-state index < -0.39 is 23.9 Å². The van der Waals surface area contributed by atoms with Crippen LogP contribution in [-0.2, 0) is 4.79 Å². The van der Waals surface area contributed by atoms with E-state index in [9.17, 15) is 13.6 Å². The molecule has 1 unspecified atom stereocenters. The van der Waals surface area contributed by atoms with E-state index in [-0.39, 0.29) is 0 Å². The third kappa shape index (κ3) is 3.43. The number of carbonyl (C=O) groups excluding carboxylic acids is 1. The number of aliphatic hydroxyl groups is 1. The topological polar surface area (TPSA) is 49.3 Å². The third-order valence-corrected chi connectivity index (χ3v) is 2.12. The van der Waals surface area contributed by atoms with Crippen molar-refractivity contribution in [1.29, 1.82) is 0 Å². The Bertz CT molecular complexity index is 354. The lowest BCUT2D eigenvalue weighted by atomic mass is 10.1. The summed E-state index contributed by atoms with van der Waals surface area (Å²) >= 11 is 4.55. The van der Waals surface area contributed by atoms with Gasteiger partial charge in [0.2, 0.25) is 0 Å². The van der Waals surface area contributed by atoms with Gasteiger partial charge in [0.25, 0.3) is 0 Å². The van der Waals surface area contributed by atoms with Crippen LogP contribution < -0.4 is 5.32 Å². The molecule has 1 rings (SSSR count). The molecule has 0 fully saturated rings. The number of amides is 1. The van der Waals surface area contributed by atoms with Crippen LogP contribution >= 0.6 is 11.6 Å². The first-order chi connectivity index (χ1) is 7.45. The second-order valence-corrected chi connectivity index (χ2v) is 3.59. The van der Waals surface area contributed by atoms with Crippen LogP contribution in [-0.4, -0.2) is 23.0 Å². The molecule has 0 radical (unpaired) electrons. The summed E-state index contributed by atoms with van der Waals surface area (Å²) in [6.07, 6.45) is 0. The van der Waals surface area contributed by atoms with Crippen LogP contribution in [0.15, 0.2) is 30.3 Å². The van der Waals surface area contributed by atoms with Crippen LogP contribution in [0.25, 0.3) is 0 Å². The Morgan fingerprint density at radius 1 is 1.44 bits per heavy atom. The number of carbonyl (C=O) groups is 1. The number of halogens is 3. The molecule has 0 saturated carbocycles. The van der Waals surface area contributed by atoms with Crippen molar-refractivity contribution < 1.29 is 18.7 Å². The molecule has 1 aromatic rings. The maximum absolute atomic E-state index is 12.4. The molecule has 0 heterocycles. The normalized spacial score (nSPS) is 13.2. The van der Waals surface area contributed by atoms with Crippen LogP contribution in [0.2, 0.25) is 0 Å². The average Bonchev–Trinajstić information content (AvgIpc) is 2.25. The first kappa shape index (κ1) is 12.9. The Hall–Kier alpha value is -1.20. The van der Waals surface area contributed by atoms with Gasteiger partial charge in [-0.2, -0.15) is 8.78 Å².